The highest BCUT2D eigenvalue weighted by atomic mass is 32.2. The Bertz CT molecular complexity index is 849. The Hall–Kier alpha value is -1.96. The number of sulfonamides is 1. The van der Waals surface area contributed by atoms with Gasteiger partial charge in [-0.05, 0) is 30.7 Å². The summed E-state index contributed by atoms with van der Waals surface area (Å²) in [7, 11) is -3.57. The molecule has 0 atom stereocenters. The number of rotatable bonds is 5. The van der Waals surface area contributed by atoms with Crippen molar-refractivity contribution in [1.82, 2.24) is 4.31 Å². The summed E-state index contributed by atoms with van der Waals surface area (Å²) in [5.74, 6) is -0.289. The summed E-state index contributed by atoms with van der Waals surface area (Å²) in [4.78, 5) is 0.271. The summed E-state index contributed by atoms with van der Waals surface area (Å²) >= 11 is 0. The van der Waals surface area contributed by atoms with Crippen LogP contribution >= 0.6 is 0 Å². The number of benzene rings is 2. The third-order valence-corrected chi connectivity index (χ3v) is 6.26. The lowest BCUT2D eigenvalue weighted by Gasteiger charge is -2.27. The van der Waals surface area contributed by atoms with Crippen molar-refractivity contribution < 1.29 is 17.5 Å². The fourth-order valence-corrected chi connectivity index (χ4v) is 4.41. The maximum atomic E-state index is 13.7. The van der Waals surface area contributed by atoms with Gasteiger partial charge in [-0.3, -0.25) is 0 Å². The highest BCUT2D eigenvalue weighted by Crippen LogP contribution is 2.24. The van der Waals surface area contributed by atoms with Crippen LogP contribution in [0.4, 0.5) is 10.1 Å². The zero-order chi connectivity index (χ0) is 17.9. The van der Waals surface area contributed by atoms with Crippen LogP contribution in [0.2, 0.25) is 0 Å². The van der Waals surface area contributed by atoms with E-state index in [0.29, 0.717) is 43.1 Å². The number of halogens is 1. The average Bonchev–Trinajstić information content (AvgIpc) is 2.63. The minimum absolute atomic E-state index is 0.271. The molecule has 1 aliphatic heterocycles. The fourth-order valence-electron chi connectivity index (χ4n) is 2.75. The van der Waals surface area contributed by atoms with Gasteiger partial charge in [0, 0.05) is 30.9 Å². The van der Waals surface area contributed by atoms with E-state index in [4.69, 9.17) is 4.74 Å². The second kappa shape index (κ2) is 7.51. The molecule has 3 rings (SSSR count). The molecular weight excluding hydrogens is 343 g/mol. The standard InChI is InChI=1S/C18H21FN2O3S/c1-14-6-7-16(20-13-15-4-2-3-5-17(15)19)12-18(14)25(22,23)21-8-10-24-11-9-21/h2-7,12,20H,8-11,13H2,1H3. The molecule has 0 bridgehead atoms. The molecule has 0 spiro atoms. The summed E-state index contributed by atoms with van der Waals surface area (Å²) < 4.78 is 46.1. The van der Waals surface area contributed by atoms with Crippen LogP contribution in [0.25, 0.3) is 0 Å². The normalized spacial score (nSPS) is 15.9. The predicted molar refractivity (Wildman–Crippen MR) is 94.5 cm³/mol. The van der Waals surface area contributed by atoms with Crippen molar-refractivity contribution in [3.05, 3.63) is 59.4 Å². The highest BCUT2D eigenvalue weighted by Gasteiger charge is 2.27. The van der Waals surface area contributed by atoms with E-state index >= 15 is 0 Å². The number of hydrogen-bond acceptors (Lipinski definition) is 4. The fraction of sp³-hybridized carbons (Fsp3) is 0.333. The minimum atomic E-state index is -3.57. The molecule has 0 unspecified atom stereocenters. The molecule has 134 valence electrons. The Labute approximate surface area is 147 Å². The molecule has 1 aliphatic rings. The van der Waals surface area contributed by atoms with Crippen LogP contribution < -0.4 is 5.32 Å². The van der Waals surface area contributed by atoms with E-state index in [1.807, 2.05) is 0 Å². The number of nitrogens with one attached hydrogen (secondary N) is 1. The maximum absolute atomic E-state index is 13.7. The van der Waals surface area contributed by atoms with E-state index in [0.717, 1.165) is 0 Å². The maximum Gasteiger partial charge on any atom is 0.243 e. The van der Waals surface area contributed by atoms with Crippen molar-refractivity contribution in [1.29, 1.82) is 0 Å². The lowest BCUT2D eigenvalue weighted by molar-refractivity contribution is 0.0730. The van der Waals surface area contributed by atoms with Crippen LogP contribution in [0.3, 0.4) is 0 Å². The Morgan fingerprint density at radius 2 is 1.88 bits per heavy atom. The van der Waals surface area contributed by atoms with Gasteiger partial charge in [0.1, 0.15) is 5.82 Å². The zero-order valence-corrected chi connectivity index (χ0v) is 14.9. The van der Waals surface area contributed by atoms with Gasteiger partial charge in [-0.25, -0.2) is 12.8 Å². The number of hydrogen-bond donors (Lipinski definition) is 1. The predicted octanol–water partition coefficient (Wildman–Crippen LogP) is 2.77. The Balaban J connectivity index is 1.82. The largest absolute Gasteiger partial charge is 0.381 e. The lowest BCUT2D eigenvalue weighted by atomic mass is 10.2. The Morgan fingerprint density at radius 1 is 1.16 bits per heavy atom. The van der Waals surface area contributed by atoms with Gasteiger partial charge in [0.15, 0.2) is 0 Å². The van der Waals surface area contributed by atoms with E-state index < -0.39 is 10.0 Å². The molecule has 0 aromatic heterocycles. The monoisotopic (exact) mass is 364 g/mol. The van der Waals surface area contributed by atoms with Gasteiger partial charge in [-0.1, -0.05) is 24.3 Å². The smallest absolute Gasteiger partial charge is 0.243 e. The zero-order valence-electron chi connectivity index (χ0n) is 14.0. The highest BCUT2D eigenvalue weighted by molar-refractivity contribution is 7.89. The first-order valence-electron chi connectivity index (χ1n) is 8.14. The molecule has 2 aromatic rings. The molecule has 2 aromatic carbocycles. The van der Waals surface area contributed by atoms with Gasteiger partial charge in [0.25, 0.3) is 0 Å². The van der Waals surface area contributed by atoms with Crippen LogP contribution in [0, 0.1) is 12.7 Å². The SMILES string of the molecule is Cc1ccc(NCc2ccccc2F)cc1S(=O)(=O)N1CCOCC1. The molecule has 0 aliphatic carbocycles. The second-order valence-electron chi connectivity index (χ2n) is 5.94. The van der Waals surface area contributed by atoms with Crippen LogP contribution in [0.15, 0.2) is 47.4 Å². The number of ether oxygens (including phenoxy) is 1. The lowest BCUT2D eigenvalue weighted by Crippen LogP contribution is -2.40. The topological polar surface area (TPSA) is 58.6 Å². The number of morpholine rings is 1. The molecule has 7 heteroatoms. The van der Waals surface area contributed by atoms with Gasteiger partial charge in [-0.15, -0.1) is 0 Å². The third-order valence-electron chi connectivity index (χ3n) is 4.22. The van der Waals surface area contributed by atoms with Gasteiger partial charge in [-0.2, -0.15) is 4.31 Å². The van der Waals surface area contributed by atoms with E-state index in [9.17, 15) is 12.8 Å². The molecule has 0 saturated carbocycles. The van der Waals surface area contributed by atoms with Crippen LogP contribution in [0.1, 0.15) is 11.1 Å². The molecule has 1 saturated heterocycles. The number of nitrogens with zero attached hydrogens (tertiary/aromatic N) is 1. The molecule has 25 heavy (non-hydrogen) atoms. The average molecular weight is 364 g/mol. The van der Waals surface area contributed by atoms with E-state index in [2.05, 4.69) is 5.32 Å². The van der Waals surface area contributed by atoms with Gasteiger partial charge in [0.2, 0.25) is 10.0 Å². The molecule has 0 radical (unpaired) electrons. The first-order valence-corrected chi connectivity index (χ1v) is 9.58. The van der Waals surface area contributed by atoms with E-state index in [1.165, 1.54) is 10.4 Å². The Morgan fingerprint density at radius 3 is 2.60 bits per heavy atom. The van der Waals surface area contributed by atoms with E-state index in [-0.39, 0.29) is 17.3 Å². The molecule has 0 amide bonds. The summed E-state index contributed by atoms with van der Waals surface area (Å²) in [6.07, 6.45) is 0. The van der Waals surface area contributed by atoms with Gasteiger partial charge in [0.05, 0.1) is 18.1 Å². The quantitative estimate of drug-likeness (QED) is 0.886. The molecule has 5 nitrogen and oxygen atoms in total. The van der Waals surface area contributed by atoms with Crippen LogP contribution in [-0.4, -0.2) is 39.0 Å². The van der Waals surface area contributed by atoms with Crippen LogP contribution in [0.5, 0.6) is 0 Å². The minimum Gasteiger partial charge on any atom is -0.381 e. The summed E-state index contributed by atoms with van der Waals surface area (Å²) in [6, 6.07) is 11.7. The van der Waals surface area contributed by atoms with Crippen LogP contribution in [-0.2, 0) is 21.3 Å². The van der Waals surface area contributed by atoms with E-state index in [1.54, 1.807) is 43.3 Å². The number of aryl methyl sites for hydroxylation is 1. The Kier molecular flexibility index (Phi) is 5.36. The van der Waals surface area contributed by atoms with Crippen molar-refractivity contribution in [2.75, 3.05) is 31.6 Å². The van der Waals surface area contributed by atoms with Crippen molar-refractivity contribution in [3.8, 4) is 0 Å². The molecule has 1 heterocycles. The van der Waals surface area contributed by atoms with Crippen molar-refractivity contribution >= 4 is 15.7 Å². The molecule has 1 N–H and O–H groups in total. The van der Waals surface area contributed by atoms with Crippen molar-refractivity contribution in [2.45, 2.75) is 18.4 Å². The first kappa shape index (κ1) is 17.8. The van der Waals surface area contributed by atoms with Gasteiger partial charge >= 0.3 is 0 Å². The van der Waals surface area contributed by atoms with Crippen molar-refractivity contribution in [3.63, 3.8) is 0 Å². The summed E-state index contributed by atoms with van der Waals surface area (Å²) in [5.41, 5.74) is 1.85. The first-order chi connectivity index (χ1) is 12.0. The number of anilines is 1. The third kappa shape index (κ3) is 4.00. The van der Waals surface area contributed by atoms with Gasteiger partial charge < -0.3 is 10.1 Å². The second-order valence-corrected chi connectivity index (χ2v) is 7.85. The summed E-state index contributed by atoms with van der Waals surface area (Å²) in [5, 5.41) is 3.10. The molecular formula is C18H21FN2O3S. The summed E-state index contributed by atoms with van der Waals surface area (Å²) in [6.45, 7) is 3.58. The molecule has 1 fully saturated rings. The van der Waals surface area contributed by atoms with Crippen molar-refractivity contribution in [2.24, 2.45) is 0 Å².